The van der Waals surface area contributed by atoms with Crippen molar-refractivity contribution in [3.8, 4) is 0 Å². The molecule has 54 valence electrons. The number of rotatable bonds is 2. The van der Waals surface area contributed by atoms with Crippen molar-refractivity contribution in [3.05, 3.63) is 0 Å². The first-order valence-corrected chi connectivity index (χ1v) is 3.36. The molecule has 0 saturated heterocycles. The molecular weight excluding hydrogens is 160 g/mol. The third-order valence-corrected chi connectivity index (χ3v) is 1.89. The fourth-order valence-corrected chi connectivity index (χ4v) is 0.469. The lowest BCUT2D eigenvalue weighted by molar-refractivity contribution is -0.141. The Morgan fingerprint density at radius 1 is 1.89 bits per heavy atom. The van der Waals surface area contributed by atoms with Crippen LogP contribution in [0, 0.1) is 0 Å². The van der Waals surface area contributed by atoms with Crippen molar-refractivity contribution in [2.75, 3.05) is 7.11 Å². The molecule has 0 saturated carbocycles. The van der Waals surface area contributed by atoms with Crippen LogP contribution >= 0.6 is 24.2 Å². The number of carbonyl (C=O) groups excluding carboxylic acids is 1. The number of hydrogen-bond donors (Lipinski definition) is 1. The van der Waals surface area contributed by atoms with E-state index < -0.39 is 10.2 Å². The highest BCUT2D eigenvalue weighted by atomic mass is 35.5. The second-order valence-electron chi connectivity index (χ2n) is 1.60. The maximum Gasteiger partial charge on any atom is 0.337 e. The molecule has 0 aliphatic rings. The summed E-state index contributed by atoms with van der Waals surface area (Å²) in [5.74, 6) is -0.505. The number of ether oxygens (including phenoxy) is 1. The molecular formula is C5H9ClO2S. The van der Waals surface area contributed by atoms with Gasteiger partial charge in [0.15, 0.2) is 4.21 Å². The first-order chi connectivity index (χ1) is 4.04. The van der Waals surface area contributed by atoms with Gasteiger partial charge < -0.3 is 4.74 Å². The molecule has 0 aromatic rings. The van der Waals surface area contributed by atoms with Crippen LogP contribution in [0.25, 0.3) is 0 Å². The first kappa shape index (κ1) is 9.11. The summed E-state index contributed by atoms with van der Waals surface area (Å²) in [6, 6.07) is 0. The van der Waals surface area contributed by atoms with Gasteiger partial charge >= 0.3 is 5.97 Å². The monoisotopic (exact) mass is 168 g/mol. The Balaban J connectivity index is 3.97. The van der Waals surface area contributed by atoms with Crippen LogP contribution in [-0.2, 0) is 9.53 Å². The van der Waals surface area contributed by atoms with E-state index in [-0.39, 0.29) is 0 Å². The van der Waals surface area contributed by atoms with Crippen molar-refractivity contribution in [2.24, 2.45) is 0 Å². The third kappa shape index (κ3) is 2.45. The van der Waals surface area contributed by atoms with Gasteiger partial charge in [-0.15, -0.1) is 12.6 Å². The van der Waals surface area contributed by atoms with E-state index in [4.69, 9.17) is 11.6 Å². The molecule has 0 heterocycles. The quantitative estimate of drug-likeness (QED) is 0.384. The summed E-state index contributed by atoms with van der Waals surface area (Å²) in [7, 11) is 1.28. The number of methoxy groups -OCH3 is 1. The van der Waals surface area contributed by atoms with Gasteiger partial charge in [0.1, 0.15) is 0 Å². The molecule has 0 aliphatic heterocycles. The van der Waals surface area contributed by atoms with E-state index >= 15 is 0 Å². The Labute approximate surface area is 64.9 Å². The lowest BCUT2D eigenvalue weighted by Crippen LogP contribution is -2.26. The molecule has 0 bridgehead atoms. The highest BCUT2D eigenvalue weighted by molar-refractivity contribution is 7.84. The number of esters is 1. The van der Waals surface area contributed by atoms with Crippen molar-refractivity contribution >= 4 is 30.2 Å². The zero-order valence-corrected chi connectivity index (χ0v) is 7.00. The molecule has 0 aromatic carbocycles. The molecule has 9 heavy (non-hydrogen) atoms. The standard InChI is InChI=1S/C5H9ClO2S/c1-3-5(6,9)4(7)8-2/h9H,3H2,1-2H3. The van der Waals surface area contributed by atoms with Crippen LogP contribution in [0.1, 0.15) is 13.3 Å². The van der Waals surface area contributed by atoms with E-state index in [1.54, 1.807) is 6.92 Å². The fourth-order valence-electron chi connectivity index (χ4n) is 0.301. The van der Waals surface area contributed by atoms with Crippen molar-refractivity contribution in [3.63, 3.8) is 0 Å². The molecule has 0 aliphatic carbocycles. The van der Waals surface area contributed by atoms with Gasteiger partial charge in [-0.1, -0.05) is 18.5 Å². The molecule has 1 unspecified atom stereocenters. The smallest absolute Gasteiger partial charge is 0.337 e. The summed E-state index contributed by atoms with van der Waals surface area (Å²) in [6.45, 7) is 1.76. The molecule has 0 spiro atoms. The van der Waals surface area contributed by atoms with Gasteiger partial charge in [0.25, 0.3) is 0 Å². The molecule has 0 radical (unpaired) electrons. The molecule has 0 N–H and O–H groups in total. The number of carbonyl (C=O) groups is 1. The SMILES string of the molecule is CCC(S)(Cl)C(=O)OC. The lowest BCUT2D eigenvalue weighted by Gasteiger charge is -2.14. The minimum absolute atomic E-state index is 0.449. The van der Waals surface area contributed by atoms with Crippen LogP contribution < -0.4 is 0 Å². The summed E-state index contributed by atoms with van der Waals surface area (Å²) < 4.78 is 3.21. The Kier molecular flexibility index (Phi) is 3.36. The van der Waals surface area contributed by atoms with E-state index in [1.165, 1.54) is 7.11 Å². The molecule has 0 amide bonds. The minimum Gasteiger partial charge on any atom is -0.467 e. The summed E-state index contributed by atoms with van der Waals surface area (Å²) in [4.78, 5) is 10.6. The van der Waals surface area contributed by atoms with Crippen LogP contribution in [-0.4, -0.2) is 17.3 Å². The third-order valence-electron chi connectivity index (χ3n) is 0.967. The molecule has 2 nitrogen and oxygen atoms in total. The van der Waals surface area contributed by atoms with Crippen molar-refractivity contribution in [1.29, 1.82) is 0 Å². The van der Waals surface area contributed by atoms with Gasteiger partial charge in [0, 0.05) is 0 Å². The second kappa shape index (κ2) is 3.32. The highest BCUT2D eigenvalue weighted by Crippen LogP contribution is 2.25. The summed E-state index contributed by atoms with van der Waals surface area (Å²) in [5, 5.41) is 0. The van der Waals surface area contributed by atoms with Crippen molar-refractivity contribution < 1.29 is 9.53 Å². The van der Waals surface area contributed by atoms with E-state index in [0.717, 1.165) is 0 Å². The average molecular weight is 169 g/mol. The summed E-state index contributed by atoms with van der Waals surface area (Å²) >= 11 is 9.41. The predicted octanol–water partition coefficient (Wildman–Crippen LogP) is 1.43. The zero-order valence-electron chi connectivity index (χ0n) is 5.35. The van der Waals surface area contributed by atoms with E-state index in [1.807, 2.05) is 0 Å². The molecule has 0 fully saturated rings. The fraction of sp³-hybridized carbons (Fsp3) is 0.800. The highest BCUT2D eigenvalue weighted by Gasteiger charge is 2.30. The van der Waals surface area contributed by atoms with Crippen LogP contribution in [0.2, 0.25) is 0 Å². The average Bonchev–Trinajstić information content (AvgIpc) is 1.86. The van der Waals surface area contributed by atoms with Crippen LogP contribution in [0.3, 0.4) is 0 Å². The van der Waals surface area contributed by atoms with E-state index in [0.29, 0.717) is 6.42 Å². The lowest BCUT2D eigenvalue weighted by atomic mass is 10.3. The summed E-state index contributed by atoms with van der Waals surface area (Å²) in [5.41, 5.74) is 0. The van der Waals surface area contributed by atoms with Crippen molar-refractivity contribution in [1.82, 2.24) is 0 Å². The Hall–Kier alpha value is 0.110. The number of halogens is 1. The van der Waals surface area contributed by atoms with Gasteiger partial charge in [-0.2, -0.15) is 0 Å². The zero-order chi connectivity index (χ0) is 7.49. The topological polar surface area (TPSA) is 26.3 Å². The van der Waals surface area contributed by atoms with Gasteiger partial charge in [0.05, 0.1) is 7.11 Å². The second-order valence-corrected chi connectivity index (χ2v) is 3.28. The number of hydrogen-bond acceptors (Lipinski definition) is 3. The van der Waals surface area contributed by atoms with Gasteiger partial charge in [-0.3, -0.25) is 0 Å². The van der Waals surface area contributed by atoms with Crippen LogP contribution in [0.4, 0.5) is 0 Å². The maximum absolute atomic E-state index is 10.6. The predicted molar refractivity (Wildman–Crippen MR) is 39.9 cm³/mol. The Bertz CT molecular complexity index is 114. The molecule has 0 aromatic heterocycles. The molecule has 1 atom stereocenters. The van der Waals surface area contributed by atoms with Crippen LogP contribution in [0.5, 0.6) is 0 Å². The van der Waals surface area contributed by atoms with E-state index in [9.17, 15) is 4.79 Å². The minimum atomic E-state index is -1.14. The Morgan fingerprint density at radius 2 is 2.33 bits per heavy atom. The molecule has 4 heteroatoms. The molecule has 0 rings (SSSR count). The largest absolute Gasteiger partial charge is 0.467 e. The number of alkyl halides is 1. The van der Waals surface area contributed by atoms with E-state index in [2.05, 4.69) is 17.4 Å². The van der Waals surface area contributed by atoms with Crippen molar-refractivity contribution in [2.45, 2.75) is 17.6 Å². The Morgan fingerprint density at radius 3 is 2.44 bits per heavy atom. The van der Waals surface area contributed by atoms with Crippen LogP contribution in [0.15, 0.2) is 0 Å². The van der Waals surface area contributed by atoms with Gasteiger partial charge in [-0.25, -0.2) is 4.79 Å². The normalized spacial score (nSPS) is 16.4. The summed E-state index contributed by atoms with van der Waals surface area (Å²) in [6.07, 6.45) is 0.449. The number of thiol groups is 1. The maximum atomic E-state index is 10.6. The van der Waals surface area contributed by atoms with Gasteiger partial charge in [-0.05, 0) is 6.42 Å². The van der Waals surface area contributed by atoms with Gasteiger partial charge in [0.2, 0.25) is 0 Å². The first-order valence-electron chi connectivity index (χ1n) is 2.54.